The van der Waals surface area contributed by atoms with E-state index < -0.39 is 0 Å². The molecule has 2 heteroatoms. The zero-order valence-electron chi connectivity index (χ0n) is 13.0. The van der Waals surface area contributed by atoms with Gasteiger partial charge >= 0.3 is 5.97 Å². The van der Waals surface area contributed by atoms with Crippen molar-refractivity contribution in [3.8, 4) is 0 Å². The number of hydrogen-bond acceptors (Lipinski definition) is 2. The number of hydrogen-bond donors (Lipinski definition) is 0. The van der Waals surface area contributed by atoms with E-state index in [0.29, 0.717) is 13.0 Å². The summed E-state index contributed by atoms with van der Waals surface area (Å²) in [5.74, 6) is -0.104. The maximum absolute atomic E-state index is 11.3. The zero-order valence-corrected chi connectivity index (χ0v) is 13.0. The molecular weight excluding hydrogens is 248 g/mol. The standard InChI is InChI=1S/C18H28O2/c1-3-5-6-7-8-9-16-10-12-17(13-11-16)14-15-18(19)20-4-2/h10-13H,3-9,14-15H2,1-2H3. The van der Waals surface area contributed by atoms with Crippen molar-refractivity contribution in [1.29, 1.82) is 0 Å². The van der Waals surface area contributed by atoms with Gasteiger partial charge in [-0.1, -0.05) is 56.9 Å². The minimum atomic E-state index is -0.104. The fraction of sp³-hybridized carbons (Fsp3) is 0.611. The predicted octanol–water partition coefficient (Wildman–Crippen LogP) is 4.70. The molecule has 0 aliphatic rings. The van der Waals surface area contributed by atoms with E-state index in [9.17, 15) is 4.79 Å². The van der Waals surface area contributed by atoms with Crippen molar-refractivity contribution < 1.29 is 9.53 Å². The van der Waals surface area contributed by atoms with Gasteiger partial charge in [-0.2, -0.15) is 0 Å². The summed E-state index contributed by atoms with van der Waals surface area (Å²) in [5, 5.41) is 0. The molecule has 0 atom stereocenters. The van der Waals surface area contributed by atoms with Gasteiger partial charge in [0.2, 0.25) is 0 Å². The van der Waals surface area contributed by atoms with Crippen molar-refractivity contribution in [2.24, 2.45) is 0 Å². The first-order valence-corrected chi connectivity index (χ1v) is 7.99. The Morgan fingerprint density at radius 2 is 1.50 bits per heavy atom. The van der Waals surface area contributed by atoms with Gasteiger partial charge in [0, 0.05) is 6.42 Å². The molecule has 1 aromatic carbocycles. The average Bonchev–Trinajstić information content (AvgIpc) is 2.46. The Labute approximate surface area is 123 Å². The molecule has 0 saturated heterocycles. The highest BCUT2D eigenvalue weighted by Crippen LogP contribution is 2.11. The number of unbranched alkanes of at least 4 members (excludes halogenated alkanes) is 4. The van der Waals surface area contributed by atoms with Gasteiger partial charge < -0.3 is 4.74 Å². The van der Waals surface area contributed by atoms with Crippen LogP contribution in [0.1, 0.15) is 63.5 Å². The molecular formula is C18H28O2. The number of esters is 1. The monoisotopic (exact) mass is 276 g/mol. The zero-order chi connectivity index (χ0) is 14.6. The lowest BCUT2D eigenvalue weighted by Gasteiger charge is -2.05. The van der Waals surface area contributed by atoms with Crippen LogP contribution >= 0.6 is 0 Å². The Balaban J connectivity index is 2.24. The first kappa shape index (κ1) is 16.7. The van der Waals surface area contributed by atoms with Crippen molar-refractivity contribution in [3.63, 3.8) is 0 Å². The Morgan fingerprint density at radius 1 is 0.900 bits per heavy atom. The highest BCUT2D eigenvalue weighted by atomic mass is 16.5. The lowest BCUT2D eigenvalue weighted by atomic mass is 10.0. The number of ether oxygens (including phenoxy) is 1. The van der Waals surface area contributed by atoms with Crippen LogP contribution in [0.4, 0.5) is 0 Å². The molecule has 0 unspecified atom stereocenters. The predicted molar refractivity (Wildman–Crippen MR) is 83.9 cm³/mol. The smallest absolute Gasteiger partial charge is 0.306 e. The minimum absolute atomic E-state index is 0.104. The molecule has 0 radical (unpaired) electrons. The third-order valence-corrected chi connectivity index (χ3v) is 3.52. The van der Waals surface area contributed by atoms with Crippen LogP contribution in [-0.2, 0) is 22.4 Å². The van der Waals surface area contributed by atoms with Crippen LogP contribution in [0.15, 0.2) is 24.3 Å². The maximum atomic E-state index is 11.3. The molecule has 0 N–H and O–H groups in total. The lowest BCUT2D eigenvalue weighted by molar-refractivity contribution is -0.143. The van der Waals surface area contributed by atoms with Crippen LogP contribution in [0, 0.1) is 0 Å². The van der Waals surface area contributed by atoms with Crippen molar-refractivity contribution >= 4 is 5.97 Å². The molecule has 112 valence electrons. The van der Waals surface area contributed by atoms with Crippen LogP contribution in [0.25, 0.3) is 0 Å². The van der Waals surface area contributed by atoms with E-state index in [1.807, 2.05) is 6.92 Å². The fourth-order valence-corrected chi connectivity index (χ4v) is 2.28. The molecule has 0 spiro atoms. The molecule has 0 aromatic heterocycles. The number of carbonyl (C=O) groups excluding carboxylic acids is 1. The second kappa shape index (κ2) is 10.5. The molecule has 1 aromatic rings. The second-order valence-corrected chi connectivity index (χ2v) is 5.29. The third-order valence-electron chi connectivity index (χ3n) is 3.52. The number of aryl methyl sites for hydroxylation is 2. The van der Waals surface area contributed by atoms with Crippen molar-refractivity contribution in [2.75, 3.05) is 6.61 Å². The highest BCUT2D eigenvalue weighted by Gasteiger charge is 2.02. The van der Waals surface area contributed by atoms with E-state index >= 15 is 0 Å². The van der Waals surface area contributed by atoms with E-state index in [-0.39, 0.29) is 5.97 Å². The summed E-state index contributed by atoms with van der Waals surface area (Å²) in [6.45, 7) is 4.55. The number of carbonyl (C=O) groups is 1. The largest absolute Gasteiger partial charge is 0.466 e. The maximum Gasteiger partial charge on any atom is 0.306 e. The molecule has 0 saturated carbocycles. The Hall–Kier alpha value is -1.31. The molecule has 0 aliphatic heterocycles. The molecule has 0 amide bonds. The Kier molecular flexibility index (Phi) is 8.77. The summed E-state index contributed by atoms with van der Waals surface area (Å²) in [6, 6.07) is 8.67. The van der Waals surface area contributed by atoms with Gasteiger partial charge in [0.05, 0.1) is 6.61 Å². The van der Waals surface area contributed by atoms with Gasteiger partial charge in [0.25, 0.3) is 0 Å². The number of rotatable bonds is 10. The molecule has 0 bridgehead atoms. The van der Waals surface area contributed by atoms with Crippen molar-refractivity contribution in [2.45, 2.75) is 65.2 Å². The van der Waals surface area contributed by atoms with E-state index in [2.05, 4.69) is 31.2 Å². The first-order valence-electron chi connectivity index (χ1n) is 7.99. The summed E-state index contributed by atoms with van der Waals surface area (Å²) < 4.78 is 4.93. The van der Waals surface area contributed by atoms with Crippen LogP contribution < -0.4 is 0 Å². The van der Waals surface area contributed by atoms with Gasteiger partial charge in [-0.05, 0) is 37.3 Å². The fourth-order valence-electron chi connectivity index (χ4n) is 2.28. The summed E-state index contributed by atoms with van der Waals surface area (Å²) in [7, 11) is 0. The van der Waals surface area contributed by atoms with E-state index in [0.717, 1.165) is 6.42 Å². The van der Waals surface area contributed by atoms with E-state index in [4.69, 9.17) is 4.74 Å². The van der Waals surface area contributed by atoms with E-state index in [1.165, 1.54) is 49.7 Å². The van der Waals surface area contributed by atoms with Gasteiger partial charge in [-0.25, -0.2) is 0 Å². The highest BCUT2D eigenvalue weighted by molar-refractivity contribution is 5.69. The van der Waals surface area contributed by atoms with Gasteiger partial charge in [-0.15, -0.1) is 0 Å². The quantitative estimate of drug-likeness (QED) is 0.457. The molecule has 20 heavy (non-hydrogen) atoms. The van der Waals surface area contributed by atoms with E-state index in [1.54, 1.807) is 0 Å². The van der Waals surface area contributed by atoms with Crippen molar-refractivity contribution in [3.05, 3.63) is 35.4 Å². The molecule has 2 nitrogen and oxygen atoms in total. The first-order chi connectivity index (χ1) is 9.76. The third kappa shape index (κ3) is 7.32. The Bertz CT molecular complexity index is 368. The summed E-state index contributed by atoms with van der Waals surface area (Å²) in [5.41, 5.74) is 2.62. The number of benzene rings is 1. The molecule has 1 rings (SSSR count). The summed E-state index contributed by atoms with van der Waals surface area (Å²) >= 11 is 0. The van der Waals surface area contributed by atoms with Gasteiger partial charge in [0.15, 0.2) is 0 Å². The molecule has 0 aliphatic carbocycles. The van der Waals surface area contributed by atoms with Crippen LogP contribution in [0.3, 0.4) is 0 Å². The normalized spacial score (nSPS) is 10.5. The second-order valence-electron chi connectivity index (χ2n) is 5.29. The summed E-state index contributed by atoms with van der Waals surface area (Å²) in [6.07, 6.45) is 9.04. The van der Waals surface area contributed by atoms with Gasteiger partial charge in [0.1, 0.15) is 0 Å². The molecule has 0 heterocycles. The molecule has 0 fully saturated rings. The van der Waals surface area contributed by atoms with Crippen molar-refractivity contribution in [1.82, 2.24) is 0 Å². The Morgan fingerprint density at radius 3 is 2.10 bits per heavy atom. The van der Waals surface area contributed by atoms with Crippen LogP contribution in [0.5, 0.6) is 0 Å². The SMILES string of the molecule is CCCCCCCc1ccc(CCC(=O)OCC)cc1. The minimum Gasteiger partial charge on any atom is -0.466 e. The van der Waals surface area contributed by atoms with Gasteiger partial charge in [-0.3, -0.25) is 4.79 Å². The van der Waals surface area contributed by atoms with Crippen LogP contribution in [-0.4, -0.2) is 12.6 Å². The topological polar surface area (TPSA) is 26.3 Å². The average molecular weight is 276 g/mol. The summed E-state index contributed by atoms with van der Waals surface area (Å²) in [4.78, 5) is 11.3. The lowest BCUT2D eigenvalue weighted by Crippen LogP contribution is -2.05. The van der Waals surface area contributed by atoms with Crippen LogP contribution in [0.2, 0.25) is 0 Å².